The number of carbonyl (C=O) groups is 1. The molecule has 0 aromatic heterocycles. The minimum atomic E-state index is -1.05. The van der Waals surface area contributed by atoms with Crippen LogP contribution in [-0.4, -0.2) is 36.9 Å². The molecule has 0 spiro atoms. The molecule has 1 atom stereocenters. The van der Waals surface area contributed by atoms with Gasteiger partial charge in [-0.1, -0.05) is 12.2 Å². The molecule has 70 valence electrons. The van der Waals surface area contributed by atoms with Gasteiger partial charge >= 0.3 is 5.97 Å². The van der Waals surface area contributed by atoms with Gasteiger partial charge in [-0.25, -0.2) is 0 Å². The van der Waals surface area contributed by atoms with Gasteiger partial charge in [0.1, 0.15) is 6.04 Å². The first-order valence-corrected chi connectivity index (χ1v) is 3.61. The van der Waals surface area contributed by atoms with Gasteiger partial charge < -0.3 is 21.3 Å². The predicted molar refractivity (Wildman–Crippen MR) is 44.6 cm³/mol. The van der Waals surface area contributed by atoms with E-state index in [1.54, 1.807) is 6.08 Å². The van der Waals surface area contributed by atoms with E-state index in [4.69, 9.17) is 21.3 Å². The molecule has 12 heavy (non-hydrogen) atoms. The minimum absolute atomic E-state index is 0.345. The van der Waals surface area contributed by atoms with Gasteiger partial charge in [0, 0.05) is 6.54 Å². The summed E-state index contributed by atoms with van der Waals surface area (Å²) < 4.78 is 4.95. The molecule has 0 aliphatic carbocycles. The van der Waals surface area contributed by atoms with Crippen molar-refractivity contribution < 1.29 is 14.6 Å². The Morgan fingerprint density at radius 1 is 1.67 bits per heavy atom. The number of hydrogen-bond acceptors (Lipinski definition) is 4. The Kier molecular flexibility index (Phi) is 6.26. The molecule has 0 fully saturated rings. The highest BCUT2D eigenvalue weighted by Crippen LogP contribution is 1.83. The molecule has 5 heteroatoms. The second-order valence-electron chi connectivity index (χ2n) is 2.16. The Bertz CT molecular complexity index is 159. The van der Waals surface area contributed by atoms with Crippen LogP contribution in [0, 0.1) is 0 Å². The quantitative estimate of drug-likeness (QED) is 0.352. The first-order valence-electron chi connectivity index (χ1n) is 3.61. The second kappa shape index (κ2) is 6.78. The average Bonchev–Trinajstić information content (AvgIpc) is 2.03. The fraction of sp³-hybridized carbons (Fsp3) is 0.571. The average molecular weight is 174 g/mol. The molecule has 0 rings (SSSR count). The molecule has 0 radical (unpaired) electrons. The highest BCUT2D eigenvalue weighted by atomic mass is 16.5. The molecule has 0 saturated carbocycles. The molecule has 0 aliphatic rings. The highest BCUT2D eigenvalue weighted by molar-refractivity contribution is 5.75. The zero-order valence-electron chi connectivity index (χ0n) is 6.77. The van der Waals surface area contributed by atoms with Crippen LogP contribution >= 0.6 is 0 Å². The number of aliphatic carboxylic acids is 1. The maximum Gasteiger partial charge on any atom is 0.324 e. The molecule has 0 heterocycles. The Balaban J connectivity index is 3.41. The smallest absolute Gasteiger partial charge is 0.324 e. The van der Waals surface area contributed by atoms with Crippen molar-refractivity contribution >= 4 is 5.97 Å². The predicted octanol–water partition coefficient (Wildman–Crippen LogP) is -1.07. The SMILES string of the molecule is NCCOC/C=C/C(N)C(=O)O. The molecule has 0 aromatic rings. The molecule has 5 nitrogen and oxygen atoms in total. The summed E-state index contributed by atoms with van der Waals surface area (Å²) in [5.41, 5.74) is 10.3. The van der Waals surface area contributed by atoms with Crippen LogP contribution in [0.1, 0.15) is 0 Å². The molecule has 0 aromatic carbocycles. The third kappa shape index (κ3) is 5.84. The van der Waals surface area contributed by atoms with Crippen molar-refractivity contribution in [3.05, 3.63) is 12.2 Å². The Labute approximate surface area is 71.0 Å². The van der Waals surface area contributed by atoms with Crippen molar-refractivity contribution in [2.24, 2.45) is 11.5 Å². The Hall–Kier alpha value is -0.910. The topological polar surface area (TPSA) is 98.6 Å². The van der Waals surface area contributed by atoms with E-state index >= 15 is 0 Å². The maximum absolute atomic E-state index is 10.2. The number of carboxylic acids is 1. The fourth-order valence-corrected chi connectivity index (χ4v) is 0.519. The van der Waals surface area contributed by atoms with Crippen LogP contribution in [0.2, 0.25) is 0 Å². The summed E-state index contributed by atoms with van der Waals surface area (Å²) >= 11 is 0. The molecular weight excluding hydrogens is 160 g/mol. The zero-order chi connectivity index (χ0) is 9.40. The first-order chi connectivity index (χ1) is 5.68. The van der Waals surface area contributed by atoms with Crippen LogP contribution in [0.5, 0.6) is 0 Å². The molecule has 0 saturated heterocycles. The van der Waals surface area contributed by atoms with E-state index in [2.05, 4.69) is 0 Å². The van der Waals surface area contributed by atoms with Crippen molar-refractivity contribution in [1.82, 2.24) is 0 Å². The monoisotopic (exact) mass is 174 g/mol. The van der Waals surface area contributed by atoms with E-state index in [0.717, 1.165) is 0 Å². The van der Waals surface area contributed by atoms with Crippen LogP contribution in [-0.2, 0) is 9.53 Å². The van der Waals surface area contributed by atoms with Gasteiger partial charge in [0.25, 0.3) is 0 Å². The van der Waals surface area contributed by atoms with Crippen molar-refractivity contribution in [3.63, 3.8) is 0 Å². The van der Waals surface area contributed by atoms with Gasteiger partial charge in [0.2, 0.25) is 0 Å². The van der Waals surface area contributed by atoms with E-state index in [1.807, 2.05) is 0 Å². The lowest BCUT2D eigenvalue weighted by atomic mass is 10.3. The molecule has 1 unspecified atom stereocenters. The summed E-state index contributed by atoms with van der Waals surface area (Å²) in [7, 11) is 0. The number of hydrogen-bond donors (Lipinski definition) is 3. The maximum atomic E-state index is 10.2. The Morgan fingerprint density at radius 2 is 2.33 bits per heavy atom. The highest BCUT2D eigenvalue weighted by Gasteiger charge is 2.04. The van der Waals surface area contributed by atoms with E-state index in [1.165, 1.54) is 6.08 Å². The van der Waals surface area contributed by atoms with E-state index in [-0.39, 0.29) is 0 Å². The summed E-state index contributed by atoms with van der Waals surface area (Å²) in [6.07, 6.45) is 2.94. The second-order valence-corrected chi connectivity index (χ2v) is 2.16. The lowest BCUT2D eigenvalue weighted by Crippen LogP contribution is -2.27. The largest absolute Gasteiger partial charge is 0.480 e. The molecular formula is C7H14N2O3. The summed E-state index contributed by atoms with van der Waals surface area (Å²) in [5.74, 6) is -1.05. The van der Waals surface area contributed by atoms with Crippen molar-refractivity contribution in [2.75, 3.05) is 19.8 Å². The summed E-state index contributed by atoms with van der Waals surface area (Å²) in [5, 5.41) is 8.35. The Morgan fingerprint density at radius 3 is 2.83 bits per heavy atom. The number of nitrogens with two attached hydrogens (primary N) is 2. The van der Waals surface area contributed by atoms with Crippen LogP contribution in [0.3, 0.4) is 0 Å². The summed E-state index contributed by atoms with van der Waals surface area (Å²) in [6.45, 7) is 1.27. The van der Waals surface area contributed by atoms with E-state index in [0.29, 0.717) is 19.8 Å². The molecule has 0 amide bonds. The number of ether oxygens (including phenoxy) is 1. The fourth-order valence-electron chi connectivity index (χ4n) is 0.519. The minimum Gasteiger partial charge on any atom is -0.480 e. The molecule has 0 aliphatic heterocycles. The van der Waals surface area contributed by atoms with Gasteiger partial charge in [0.05, 0.1) is 13.2 Å². The lowest BCUT2D eigenvalue weighted by molar-refractivity contribution is -0.137. The van der Waals surface area contributed by atoms with Crippen LogP contribution in [0.4, 0.5) is 0 Å². The summed E-state index contributed by atoms with van der Waals surface area (Å²) in [4.78, 5) is 10.2. The lowest BCUT2D eigenvalue weighted by Gasteiger charge is -1.98. The van der Waals surface area contributed by atoms with Crippen LogP contribution < -0.4 is 11.5 Å². The van der Waals surface area contributed by atoms with Gasteiger partial charge in [-0.15, -0.1) is 0 Å². The molecule has 5 N–H and O–H groups in total. The van der Waals surface area contributed by atoms with Gasteiger partial charge in [-0.2, -0.15) is 0 Å². The first kappa shape index (κ1) is 11.1. The van der Waals surface area contributed by atoms with Crippen molar-refractivity contribution in [2.45, 2.75) is 6.04 Å². The van der Waals surface area contributed by atoms with Crippen molar-refractivity contribution in [1.29, 1.82) is 0 Å². The van der Waals surface area contributed by atoms with E-state index in [9.17, 15) is 4.79 Å². The normalized spacial score (nSPS) is 13.5. The number of carboxylic acid groups (broad SMARTS) is 1. The van der Waals surface area contributed by atoms with Crippen molar-refractivity contribution in [3.8, 4) is 0 Å². The third-order valence-corrected chi connectivity index (χ3v) is 1.10. The van der Waals surface area contributed by atoms with Crippen LogP contribution in [0.25, 0.3) is 0 Å². The third-order valence-electron chi connectivity index (χ3n) is 1.10. The van der Waals surface area contributed by atoms with Gasteiger partial charge in [-0.3, -0.25) is 4.79 Å². The standard InChI is InChI=1S/C7H14N2O3/c8-3-5-12-4-1-2-6(9)7(10)11/h1-2,6H,3-5,8-9H2,(H,10,11)/b2-1+. The van der Waals surface area contributed by atoms with E-state index < -0.39 is 12.0 Å². The van der Waals surface area contributed by atoms with Crippen LogP contribution in [0.15, 0.2) is 12.2 Å². The van der Waals surface area contributed by atoms with Gasteiger partial charge in [0.15, 0.2) is 0 Å². The summed E-state index contributed by atoms with van der Waals surface area (Å²) in [6, 6.07) is -0.952. The molecule has 0 bridgehead atoms. The number of rotatable bonds is 6. The van der Waals surface area contributed by atoms with Gasteiger partial charge in [-0.05, 0) is 0 Å². The zero-order valence-corrected chi connectivity index (χ0v) is 6.77.